The van der Waals surface area contributed by atoms with Crippen LogP contribution in [0, 0.1) is 21.7 Å². The fourth-order valence-electron chi connectivity index (χ4n) is 1.12. The summed E-state index contributed by atoms with van der Waals surface area (Å²) in [6.45, 7) is -1.35. The third-order valence-corrected chi connectivity index (χ3v) is 1.89. The Morgan fingerprint density at radius 2 is 1.94 bits per heavy atom. The molecule has 0 aliphatic rings. The van der Waals surface area contributed by atoms with E-state index >= 15 is 0 Å². The van der Waals surface area contributed by atoms with Gasteiger partial charge in [0.2, 0.25) is 5.82 Å². The van der Waals surface area contributed by atoms with Crippen molar-refractivity contribution in [2.45, 2.75) is 5.92 Å². The Kier molecular flexibility index (Phi) is 3.13. The van der Waals surface area contributed by atoms with Crippen molar-refractivity contribution < 1.29 is 22.5 Å². The first kappa shape index (κ1) is 12.4. The molecule has 1 aromatic carbocycles. The molecule has 0 spiro atoms. The summed E-state index contributed by atoms with van der Waals surface area (Å²) in [5, 5.41) is 10.3. The number of nitrogens with two attached hydrogens (primary N) is 1. The van der Waals surface area contributed by atoms with E-state index in [4.69, 9.17) is 0 Å². The van der Waals surface area contributed by atoms with Gasteiger partial charge in [-0.05, 0) is 6.07 Å². The minimum atomic E-state index is -3.99. The zero-order valence-electron chi connectivity index (χ0n) is 7.71. The van der Waals surface area contributed by atoms with Crippen molar-refractivity contribution in [3.05, 3.63) is 39.4 Å². The minimum Gasteiger partial charge on any atom is -0.325 e. The van der Waals surface area contributed by atoms with Gasteiger partial charge in [0.25, 0.3) is 5.92 Å². The first-order valence-corrected chi connectivity index (χ1v) is 4.02. The molecule has 1 aromatic rings. The Hall–Kier alpha value is -1.70. The van der Waals surface area contributed by atoms with Crippen molar-refractivity contribution >= 4 is 5.69 Å². The average Bonchev–Trinajstić information content (AvgIpc) is 2.16. The highest BCUT2D eigenvalue weighted by molar-refractivity contribution is 5.39. The summed E-state index contributed by atoms with van der Waals surface area (Å²) in [4.78, 5) is 9.05. The van der Waals surface area contributed by atoms with E-state index in [1.807, 2.05) is 0 Å². The second kappa shape index (κ2) is 4.05. The van der Waals surface area contributed by atoms with Gasteiger partial charge in [0.05, 0.1) is 11.5 Å². The lowest BCUT2D eigenvalue weighted by Gasteiger charge is -2.15. The zero-order valence-corrected chi connectivity index (χ0v) is 7.71. The topological polar surface area (TPSA) is 69.2 Å². The number of nitro groups is 1. The summed E-state index contributed by atoms with van der Waals surface area (Å²) in [5.41, 5.74) is 1.75. The molecule has 0 heterocycles. The molecule has 0 unspecified atom stereocenters. The number of nitrogens with zero attached hydrogens (tertiary/aromatic N) is 1. The lowest BCUT2D eigenvalue weighted by atomic mass is 10.1. The van der Waals surface area contributed by atoms with Crippen LogP contribution in [0.1, 0.15) is 5.56 Å². The van der Waals surface area contributed by atoms with Gasteiger partial charge in [-0.2, -0.15) is 13.2 Å². The van der Waals surface area contributed by atoms with Gasteiger partial charge in [0.1, 0.15) is 11.4 Å². The molecule has 8 heteroatoms. The molecule has 4 nitrogen and oxygen atoms in total. The van der Waals surface area contributed by atoms with Crippen molar-refractivity contribution in [3.8, 4) is 0 Å². The van der Waals surface area contributed by atoms with E-state index < -0.39 is 40.3 Å². The van der Waals surface area contributed by atoms with Crippen LogP contribution in [0.2, 0.25) is 0 Å². The molecule has 1 rings (SSSR count). The molecule has 0 aliphatic heterocycles. The van der Waals surface area contributed by atoms with Crippen molar-refractivity contribution in [3.63, 3.8) is 0 Å². The number of halogens is 4. The number of alkyl halides is 2. The number of rotatable bonds is 3. The average molecular weight is 238 g/mol. The van der Waals surface area contributed by atoms with E-state index in [1.165, 1.54) is 0 Å². The largest absolute Gasteiger partial charge is 0.325 e. The molecular weight excluding hydrogens is 232 g/mol. The van der Waals surface area contributed by atoms with Crippen LogP contribution in [0.15, 0.2) is 12.1 Å². The van der Waals surface area contributed by atoms with Gasteiger partial charge in [-0.1, -0.05) is 0 Å². The molecule has 0 fully saturated rings. The smallest absolute Gasteiger partial charge is 0.305 e. The van der Waals surface area contributed by atoms with Crippen LogP contribution in [0.4, 0.5) is 23.2 Å². The third kappa shape index (κ3) is 1.96. The highest BCUT2D eigenvalue weighted by Crippen LogP contribution is 2.34. The number of hydrogen-bond acceptors (Lipinski definition) is 3. The standard InChI is InChI=1S/C8H6F4N2O2/c9-4-1-2-5(14(15)16)7(10)6(4)8(11,12)3-13/h1-2H,3,13H2. The molecule has 0 radical (unpaired) electrons. The molecule has 0 amide bonds. The number of hydrogen-bond donors (Lipinski definition) is 1. The van der Waals surface area contributed by atoms with Crippen LogP contribution in [0.25, 0.3) is 0 Å². The van der Waals surface area contributed by atoms with Crippen LogP contribution in [-0.2, 0) is 5.92 Å². The van der Waals surface area contributed by atoms with Crippen LogP contribution >= 0.6 is 0 Å². The van der Waals surface area contributed by atoms with E-state index in [9.17, 15) is 27.7 Å². The minimum absolute atomic E-state index is 0.403. The Bertz CT molecular complexity index is 436. The van der Waals surface area contributed by atoms with Gasteiger partial charge in [-0.25, -0.2) is 4.39 Å². The van der Waals surface area contributed by atoms with E-state index in [0.717, 1.165) is 0 Å². The number of benzene rings is 1. The molecule has 2 N–H and O–H groups in total. The molecule has 16 heavy (non-hydrogen) atoms. The highest BCUT2D eigenvalue weighted by Gasteiger charge is 2.39. The SMILES string of the molecule is NCC(F)(F)c1c(F)ccc([N+](=O)[O-])c1F. The van der Waals surface area contributed by atoms with Crippen molar-refractivity contribution in [2.75, 3.05) is 6.54 Å². The summed E-state index contributed by atoms with van der Waals surface area (Å²) in [7, 11) is 0. The highest BCUT2D eigenvalue weighted by atomic mass is 19.3. The van der Waals surface area contributed by atoms with Gasteiger partial charge in [0, 0.05) is 6.07 Å². The summed E-state index contributed by atoms with van der Waals surface area (Å²) in [5.74, 6) is -7.46. The van der Waals surface area contributed by atoms with Gasteiger partial charge in [0.15, 0.2) is 0 Å². The predicted molar refractivity (Wildman–Crippen MR) is 46.0 cm³/mol. The number of nitro benzene ring substituents is 1. The van der Waals surface area contributed by atoms with Gasteiger partial charge < -0.3 is 5.73 Å². The second-order valence-electron chi connectivity index (χ2n) is 2.92. The fraction of sp³-hybridized carbons (Fsp3) is 0.250. The van der Waals surface area contributed by atoms with Crippen LogP contribution in [0.5, 0.6) is 0 Å². The van der Waals surface area contributed by atoms with Crippen LogP contribution < -0.4 is 5.73 Å². The molecule has 0 atom stereocenters. The van der Waals surface area contributed by atoms with E-state index in [1.54, 1.807) is 0 Å². The molecule has 88 valence electrons. The van der Waals surface area contributed by atoms with E-state index in [2.05, 4.69) is 5.73 Å². The monoisotopic (exact) mass is 238 g/mol. The predicted octanol–water partition coefficient (Wildman–Crippen LogP) is 1.92. The van der Waals surface area contributed by atoms with Gasteiger partial charge >= 0.3 is 5.69 Å². The molecule has 0 saturated heterocycles. The van der Waals surface area contributed by atoms with E-state index in [0.29, 0.717) is 12.1 Å². The Morgan fingerprint density at radius 3 is 2.38 bits per heavy atom. The lowest BCUT2D eigenvalue weighted by molar-refractivity contribution is -0.387. The summed E-state index contributed by atoms with van der Waals surface area (Å²) in [6.07, 6.45) is 0. The first-order valence-electron chi connectivity index (χ1n) is 4.02. The van der Waals surface area contributed by atoms with Gasteiger partial charge in [-0.15, -0.1) is 0 Å². The lowest BCUT2D eigenvalue weighted by Crippen LogP contribution is -2.28. The Balaban J connectivity index is 3.49. The quantitative estimate of drug-likeness (QED) is 0.497. The third-order valence-electron chi connectivity index (χ3n) is 1.89. The first-order chi connectivity index (χ1) is 7.31. The molecule has 0 bridgehead atoms. The maximum atomic E-state index is 13.2. The van der Waals surface area contributed by atoms with E-state index in [-0.39, 0.29) is 0 Å². The van der Waals surface area contributed by atoms with Crippen LogP contribution in [0.3, 0.4) is 0 Å². The van der Waals surface area contributed by atoms with Crippen LogP contribution in [-0.4, -0.2) is 11.5 Å². The molecule has 0 aliphatic carbocycles. The van der Waals surface area contributed by atoms with Crippen molar-refractivity contribution in [1.82, 2.24) is 0 Å². The summed E-state index contributed by atoms with van der Waals surface area (Å²) >= 11 is 0. The Labute approximate surface area is 86.8 Å². The fourth-order valence-corrected chi connectivity index (χ4v) is 1.12. The maximum Gasteiger partial charge on any atom is 0.305 e. The maximum absolute atomic E-state index is 13.2. The van der Waals surface area contributed by atoms with Crippen molar-refractivity contribution in [1.29, 1.82) is 0 Å². The molecule has 0 aromatic heterocycles. The normalized spacial score (nSPS) is 11.6. The second-order valence-corrected chi connectivity index (χ2v) is 2.92. The zero-order chi connectivity index (χ0) is 12.5. The molecular formula is C8H6F4N2O2. The summed E-state index contributed by atoms with van der Waals surface area (Å²) < 4.78 is 52.3. The Morgan fingerprint density at radius 1 is 1.38 bits per heavy atom. The molecule has 0 saturated carbocycles. The van der Waals surface area contributed by atoms with Gasteiger partial charge in [-0.3, -0.25) is 10.1 Å². The summed E-state index contributed by atoms with van der Waals surface area (Å²) in [6, 6.07) is 0.876. The van der Waals surface area contributed by atoms with Crippen molar-refractivity contribution in [2.24, 2.45) is 5.73 Å².